The third kappa shape index (κ3) is 8.03. The van der Waals surface area contributed by atoms with Gasteiger partial charge in [0.25, 0.3) is 0 Å². The highest BCUT2D eigenvalue weighted by atomic mass is 32.2. The Balaban J connectivity index is 3.49. The number of aliphatic imine (C=N–C) groups is 1. The van der Waals surface area contributed by atoms with E-state index in [1.54, 1.807) is 0 Å². The lowest BCUT2D eigenvalue weighted by molar-refractivity contribution is 0.599. The van der Waals surface area contributed by atoms with Crippen LogP contribution in [0.5, 0.6) is 0 Å². The second kappa shape index (κ2) is 9.94. The summed E-state index contributed by atoms with van der Waals surface area (Å²) in [6, 6.07) is 0. The van der Waals surface area contributed by atoms with Gasteiger partial charge in [-0.05, 0) is 6.92 Å². The van der Waals surface area contributed by atoms with E-state index in [4.69, 9.17) is 13.9 Å². The summed E-state index contributed by atoms with van der Waals surface area (Å²) in [5, 5.41) is -3.57. The number of nitrogens with zero attached hydrogens (tertiary/aromatic N) is 3. The highest BCUT2D eigenvalue weighted by molar-refractivity contribution is 8.00. The van der Waals surface area contributed by atoms with Gasteiger partial charge in [0.15, 0.2) is 10.2 Å². The van der Waals surface area contributed by atoms with Gasteiger partial charge in [0.1, 0.15) is 8.66 Å². The summed E-state index contributed by atoms with van der Waals surface area (Å²) in [5.74, 6) is -1.23. The molecule has 0 amide bonds. The number of nitrogens with one attached hydrogen (secondary N) is 3. The Morgan fingerprint density at radius 2 is 2.24 bits per heavy atom. The first-order chi connectivity index (χ1) is 15.6. The number of nitrogens with two attached hydrogens (primary N) is 1. The van der Waals surface area contributed by atoms with Gasteiger partial charge in [0.2, 0.25) is 5.13 Å². The first-order valence-electron chi connectivity index (χ1n) is 11.4. The van der Waals surface area contributed by atoms with Crippen LogP contribution >= 0.6 is 23.1 Å². The first-order valence-corrected chi connectivity index (χ1v) is 9.68. The van der Waals surface area contributed by atoms with Gasteiger partial charge in [-0.25, -0.2) is 10.1 Å². The molecule has 2 atom stereocenters. The number of amidine groups is 1. The number of hydrogen-bond donors (Lipinski definition) is 4. The van der Waals surface area contributed by atoms with E-state index in [2.05, 4.69) is 14.4 Å². The number of thioether (sulfide) groups is 1. The fourth-order valence-electron chi connectivity index (χ4n) is 1.41. The molecule has 1 aromatic heterocycles. The van der Waals surface area contributed by atoms with Gasteiger partial charge >= 0.3 is 10.2 Å². The van der Waals surface area contributed by atoms with Crippen LogP contribution in [0.1, 0.15) is 38.0 Å². The van der Waals surface area contributed by atoms with Gasteiger partial charge in [-0.3, -0.25) is 0 Å². The maximum atomic E-state index is 11.9. The van der Waals surface area contributed by atoms with Gasteiger partial charge in [-0.15, -0.1) is 27.5 Å². The van der Waals surface area contributed by atoms with Crippen LogP contribution in [0.25, 0.3) is 0 Å². The zero-order valence-corrected chi connectivity index (χ0v) is 16.6. The SMILES string of the molecule is [2H]c1sc(N=C(N([2H])C)N([2H])C)nc1C([2H])(C)SC([2H])(C)C([2H])([2H])C(=NS(=O)(=O)N([2H])[2H])N([2H])C. The van der Waals surface area contributed by atoms with Crippen LogP contribution in [0.4, 0.5) is 5.13 Å². The number of rotatable bonds is 8. The third-order valence-electron chi connectivity index (χ3n) is 2.38. The predicted molar refractivity (Wildman–Crippen MR) is 107 cm³/mol. The second-order valence-corrected chi connectivity index (χ2v) is 7.51. The second-order valence-electron chi connectivity index (χ2n) is 4.23. The smallest absolute Gasteiger partial charge is 0.318 e. The molecule has 0 aliphatic heterocycles. The fraction of sp³-hybridized carbons (Fsp3) is 0.615. The minimum Gasteiger partial charge on any atom is -0.376 e. The van der Waals surface area contributed by atoms with Crippen molar-refractivity contribution in [3.8, 4) is 0 Å². The van der Waals surface area contributed by atoms with Crippen LogP contribution in [0, 0.1) is 0 Å². The van der Waals surface area contributed by atoms with Crippen molar-refractivity contribution >= 4 is 50.2 Å². The molecule has 1 aromatic rings. The van der Waals surface area contributed by atoms with Gasteiger partial charge < -0.3 is 15.9 Å². The highest BCUT2D eigenvalue weighted by Crippen LogP contribution is 2.35. The summed E-state index contributed by atoms with van der Waals surface area (Å²) < 4.78 is 106. The van der Waals surface area contributed by atoms with Gasteiger partial charge in [-0.2, -0.15) is 13.4 Å². The van der Waals surface area contributed by atoms with Crippen LogP contribution in [-0.2, 0) is 10.2 Å². The first kappa shape index (κ1) is 10.7. The molecule has 1 rings (SSSR count). The molecule has 0 bridgehead atoms. The van der Waals surface area contributed by atoms with Crippen molar-refractivity contribution in [3.05, 3.63) is 11.1 Å². The zero-order chi connectivity index (χ0) is 27.7. The summed E-state index contributed by atoms with van der Waals surface area (Å²) in [4.78, 5) is 8.11. The lowest BCUT2D eigenvalue weighted by atomic mass is 10.3. The standard InChI is InChI=1S/C13H25N7O2S3/c1-8(6-11(15-3)20-25(14,21)22)24-9(2)10-7-23-13(18-10)19-12(16-4)17-5/h7-9H,6H2,1-5H3,(H,15,20)(H2,14,21,22)(H2,16,17,18,19)/i6D2,7D,8D,9D/hD5. The van der Waals surface area contributed by atoms with Gasteiger partial charge in [0.05, 0.1) is 7.06 Å². The Bertz CT molecular complexity index is 1060. The van der Waals surface area contributed by atoms with E-state index >= 15 is 0 Å². The Hall–Kier alpha value is -1.37. The van der Waals surface area contributed by atoms with Crippen LogP contribution in [0.2, 0.25) is 7.06 Å². The van der Waals surface area contributed by atoms with Crippen LogP contribution in [-0.4, -0.2) is 51.6 Å². The summed E-state index contributed by atoms with van der Waals surface area (Å²) in [7, 11) is -1.40. The van der Waals surface area contributed by atoms with Gasteiger partial charge in [-0.1, -0.05) is 6.92 Å². The van der Waals surface area contributed by atoms with Crippen molar-refractivity contribution in [1.29, 1.82) is 0 Å². The lowest BCUT2D eigenvalue weighted by Crippen LogP contribution is -2.31. The van der Waals surface area contributed by atoms with Crippen LogP contribution < -0.4 is 21.1 Å². The molecule has 25 heavy (non-hydrogen) atoms. The quantitative estimate of drug-likeness (QED) is 0.366. The largest absolute Gasteiger partial charge is 0.376 e. The summed E-state index contributed by atoms with van der Waals surface area (Å²) in [5.41, 5.74) is -0.200. The third-order valence-corrected chi connectivity index (χ3v) is 4.36. The van der Waals surface area contributed by atoms with Crippen LogP contribution in [0.3, 0.4) is 0 Å². The van der Waals surface area contributed by atoms with Crippen molar-refractivity contribution in [2.45, 2.75) is 30.7 Å². The Kier molecular flexibility index (Phi) is 4.26. The Labute approximate surface area is 171 Å². The predicted octanol–water partition coefficient (Wildman–Crippen LogP) is 0.964. The number of hydrogen-bond acceptors (Lipinski definition) is 6. The molecular weight excluding hydrogens is 382 g/mol. The van der Waals surface area contributed by atoms with Crippen molar-refractivity contribution in [2.75, 3.05) is 21.1 Å². The minimum atomic E-state index is -4.99. The molecule has 2 unspecified atom stereocenters. The molecule has 12 heteroatoms. The number of thiazole rings is 1. The highest BCUT2D eigenvalue weighted by Gasteiger charge is 2.17. The molecule has 0 spiro atoms. The van der Waals surface area contributed by atoms with Crippen molar-refractivity contribution in [2.24, 2.45) is 14.5 Å². The molecule has 0 aromatic carbocycles. The van der Waals surface area contributed by atoms with E-state index in [0.717, 1.165) is 35.9 Å². The topological polar surface area (TPSA) is 134 Å². The molecule has 5 N–H and O–H groups in total. The lowest BCUT2D eigenvalue weighted by Gasteiger charge is -2.16. The van der Waals surface area contributed by atoms with E-state index in [0.29, 0.717) is 11.8 Å². The molecule has 0 saturated carbocycles. The van der Waals surface area contributed by atoms with E-state index in [1.807, 2.05) is 0 Å². The molecule has 9 nitrogen and oxygen atoms in total. The Morgan fingerprint density at radius 3 is 2.80 bits per heavy atom. The minimum absolute atomic E-state index is 0.0582. The Morgan fingerprint density at radius 1 is 1.56 bits per heavy atom. The molecular formula is C13H25N7O2S3. The van der Waals surface area contributed by atoms with Gasteiger partial charge in [0, 0.05) is 48.8 Å². The molecule has 1 heterocycles. The maximum Gasteiger partial charge on any atom is 0.318 e. The maximum absolute atomic E-state index is 11.9. The molecule has 0 radical (unpaired) electrons. The van der Waals surface area contributed by atoms with E-state index < -0.39 is 38.0 Å². The van der Waals surface area contributed by atoms with E-state index in [9.17, 15) is 8.42 Å². The monoisotopic (exact) mass is 417 g/mol. The zero-order valence-electron chi connectivity index (χ0n) is 24.2. The average Bonchev–Trinajstić information content (AvgIpc) is 3.03. The van der Waals surface area contributed by atoms with Crippen molar-refractivity contribution < 1.29 is 22.3 Å². The van der Waals surface area contributed by atoms with Crippen LogP contribution in [0.15, 0.2) is 14.7 Å². The van der Waals surface area contributed by atoms with E-state index in [1.165, 1.54) is 21.0 Å². The average molecular weight is 418 g/mol. The molecule has 0 aliphatic carbocycles. The summed E-state index contributed by atoms with van der Waals surface area (Å²) in [6.45, 7) is 2.26. The molecule has 142 valence electrons. The van der Waals surface area contributed by atoms with Crippen molar-refractivity contribution in [3.63, 3.8) is 0 Å². The molecule has 0 saturated heterocycles. The molecule has 0 fully saturated rings. The van der Waals surface area contributed by atoms with E-state index in [-0.39, 0.29) is 27.5 Å². The summed E-state index contributed by atoms with van der Waals surface area (Å²) in [6.07, 6.45) is -3.01. The normalized spacial score (nSPS) is 23.5. The summed E-state index contributed by atoms with van der Waals surface area (Å²) >= 11 is 1.08. The molecule has 0 aliphatic rings. The number of guanidine groups is 1. The van der Waals surface area contributed by atoms with Crippen molar-refractivity contribution in [1.82, 2.24) is 20.9 Å². The number of aromatic nitrogens is 1. The fourth-order valence-corrected chi connectivity index (χ4v) is 3.27.